The molecule has 0 unspecified atom stereocenters. The Hall–Kier alpha value is -3.33. The number of aromatic nitrogens is 4. The van der Waals surface area contributed by atoms with E-state index in [-0.39, 0.29) is 25.9 Å². The van der Waals surface area contributed by atoms with Crippen molar-refractivity contribution in [3.05, 3.63) is 58.9 Å². The molecule has 1 aliphatic rings. The summed E-state index contributed by atoms with van der Waals surface area (Å²) >= 11 is 5.85. The van der Waals surface area contributed by atoms with Crippen molar-refractivity contribution < 1.29 is 19.0 Å². The largest absolute Gasteiger partial charge is 0.486 e. The lowest BCUT2D eigenvalue weighted by Gasteiger charge is -2.08. The highest BCUT2D eigenvalue weighted by molar-refractivity contribution is 6.30. The third-order valence-corrected chi connectivity index (χ3v) is 4.26. The van der Waals surface area contributed by atoms with Gasteiger partial charge in [-0.25, -0.2) is 4.68 Å². The number of carbonyl (C=O) groups is 1. The molecule has 2 aromatic carbocycles. The van der Waals surface area contributed by atoms with E-state index in [9.17, 15) is 4.79 Å². The van der Waals surface area contributed by atoms with Crippen LogP contribution in [0.2, 0.25) is 5.02 Å². The van der Waals surface area contributed by atoms with E-state index in [1.807, 2.05) is 18.2 Å². The lowest BCUT2D eigenvalue weighted by Crippen LogP contribution is -2.28. The Morgan fingerprint density at radius 2 is 2.00 bits per heavy atom. The molecule has 0 saturated heterocycles. The summed E-state index contributed by atoms with van der Waals surface area (Å²) in [6, 6.07) is 12.5. The van der Waals surface area contributed by atoms with Gasteiger partial charge in [-0.05, 0) is 52.4 Å². The summed E-state index contributed by atoms with van der Waals surface area (Å²) in [5.41, 5.74) is 0.903. The second kappa shape index (κ2) is 8.13. The molecule has 9 nitrogen and oxygen atoms in total. The van der Waals surface area contributed by atoms with Crippen molar-refractivity contribution in [2.24, 2.45) is 0 Å². The molecule has 0 atom stereocenters. The summed E-state index contributed by atoms with van der Waals surface area (Å²) in [4.78, 5) is 12.2. The molecule has 10 heteroatoms. The highest BCUT2D eigenvalue weighted by Crippen LogP contribution is 2.32. The topological polar surface area (TPSA) is 100 Å². The predicted octanol–water partition coefficient (Wildman–Crippen LogP) is 1.95. The zero-order valence-corrected chi connectivity index (χ0v) is 15.4. The number of hydrogen-bond donors (Lipinski definition) is 1. The van der Waals surface area contributed by atoms with Gasteiger partial charge in [-0.2, -0.15) is 0 Å². The molecule has 28 heavy (non-hydrogen) atoms. The number of amides is 1. The van der Waals surface area contributed by atoms with E-state index in [1.54, 1.807) is 24.3 Å². The highest BCUT2D eigenvalue weighted by atomic mass is 35.5. The molecule has 0 spiro atoms. The van der Waals surface area contributed by atoms with Crippen molar-refractivity contribution in [1.29, 1.82) is 0 Å². The van der Waals surface area contributed by atoms with Gasteiger partial charge in [0.25, 0.3) is 0 Å². The summed E-state index contributed by atoms with van der Waals surface area (Å²) in [5.74, 6) is 2.22. The Balaban J connectivity index is 1.30. The van der Waals surface area contributed by atoms with Crippen molar-refractivity contribution in [3.8, 4) is 17.2 Å². The maximum absolute atomic E-state index is 12.2. The van der Waals surface area contributed by atoms with Crippen LogP contribution >= 0.6 is 11.6 Å². The first kappa shape index (κ1) is 18.1. The Morgan fingerprint density at radius 1 is 1.18 bits per heavy atom. The Kier molecular flexibility index (Phi) is 5.24. The fourth-order valence-corrected chi connectivity index (χ4v) is 2.70. The van der Waals surface area contributed by atoms with E-state index < -0.39 is 0 Å². The molecule has 1 aromatic heterocycles. The van der Waals surface area contributed by atoms with Gasteiger partial charge in [0, 0.05) is 11.6 Å². The number of nitrogens with one attached hydrogen (secondary N) is 1. The van der Waals surface area contributed by atoms with Gasteiger partial charge < -0.3 is 19.5 Å². The number of tetrazole rings is 1. The summed E-state index contributed by atoms with van der Waals surface area (Å²) < 4.78 is 17.6. The van der Waals surface area contributed by atoms with Crippen LogP contribution in [0, 0.1) is 0 Å². The molecule has 2 heterocycles. The van der Waals surface area contributed by atoms with E-state index >= 15 is 0 Å². The first-order chi connectivity index (χ1) is 13.7. The molecule has 1 aliphatic heterocycles. The van der Waals surface area contributed by atoms with Gasteiger partial charge in [0.2, 0.25) is 12.7 Å². The van der Waals surface area contributed by atoms with Crippen molar-refractivity contribution in [2.45, 2.75) is 19.7 Å². The zero-order valence-electron chi connectivity index (χ0n) is 14.7. The van der Waals surface area contributed by atoms with Crippen molar-refractivity contribution >= 4 is 17.5 Å². The molecule has 1 amide bonds. The van der Waals surface area contributed by atoms with Gasteiger partial charge in [0.1, 0.15) is 18.9 Å². The van der Waals surface area contributed by atoms with Gasteiger partial charge in [-0.3, -0.25) is 4.79 Å². The van der Waals surface area contributed by atoms with Gasteiger partial charge in [0.05, 0.1) is 0 Å². The maximum Gasteiger partial charge on any atom is 0.242 e. The number of ether oxygens (including phenoxy) is 3. The van der Waals surface area contributed by atoms with Crippen LogP contribution in [0.5, 0.6) is 17.2 Å². The molecule has 0 bridgehead atoms. The van der Waals surface area contributed by atoms with Crippen LogP contribution in [0.3, 0.4) is 0 Å². The van der Waals surface area contributed by atoms with Crippen LogP contribution in [0.25, 0.3) is 0 Å². The summed E-state index contributed by atoms with van der Waals surface area (Å²) in [6.45, 7) is 0.681. The molecule has 144 valence electrons. The van der Waals surface area contributed by atoms with Gasteiger partial charge in [-0.15, -0.1) is 5.10 Å². The molecule has 0 radical (unpaired) electrons. The quantitative estimate of drug-likeness (QED) is 0.645. The number of halogens is 1. The van der Waals surface area contributed by atoms with Crippen LogP contribution in [0.1, 0.15) is 11.4 Å². The summed E-state index contributed by atoms with van der Waals surface area (Å²) in [7, 11) is 0. The van der Waals surface area contributed by atoms with Crippen molar-refractivity contribution in [1.82, 2.24) is 25.5 Å². The van der Waals surface area contributed by atoms with Crippen LogP contribution < -0.4 is 19.5 Å². The monoisotopic (exact) mass is 401 g/mol. The molecule has 1 N–H and O–H groups in total. The van der Waals surface area contributed by atoms with E-state index in [4.69, 9.17) is 25.8 Å². The first-order valence-electron chi connectivity index (χ1n) is 8.46. The average Bonchev–Trinajstić information content (AvgIpc) is 3.34. The molecular formula is C18H16ClN5O4. The number of carbonyl (C=O) groups excluding carboxylic acids is 1. The van der Waals surface area contributed by atoms with E-state index in [0.717, 1.165) is 5.56 Å². The van der Waals surface area contributed by atoms with Crippen LogP contribution in [0.15, 0.2) is 42.5 Å². The molecule has 0 saturated carbocycles. The van der Waals surface area contributed by atoms with E-state index in [2.05, 4.69) is 20.8 Å². The van der Waals surface area contributed by atoms with Gasteiger partial charge in [0.15, 0.2) is 17.3 Å². The lowest BCUT2D eigenvalue weighted by atomic mass is 10.2. The van der Waals surface area contributed by atoms with E-state index in [0.29, 0.717) is 34.6 Å². The summed E-state index contributed by atoms with van der Waals surface area (Å²) in [6.07, 6.45) is 0. The smallest absolute Gasteiger partial charge is 0.242 e. The SMILES string of the molecule is O=C(Cn1nnnc1COc1ccc(Cl)cc1)NCc1ccc2c(c1)OCO2. The lowest BCUT2D eigenvalue weighted by molar-refractivity contribution is -0.122. The fourth-order valence-electron chi connectivity index (χ4n) is 2.57. The van der Waals surface area contributed by atoms with Crippen LogP contribution in [-0.2, 0) is 24.5 Å². The van der Waals surface area contributed by atoms with Gasteiger partial charge >= 0.3 is 0 Å². The van der Waals surface area contributed by atoms with Crippen LogP contribution in [-0.4, -0.2) is 32.9 Å². The average molecular weight is 402 g/mol. The first-order valence-corrected chi connectivity index (χ1v) is 8.84. The van der Waals surface area contributed by atoms with E-state index in [1.165, 1.54) is 4.68 Å². The zero-order chi connectivity index (χ0) is 19.3. The standard InChI is InChI=1S/C18H16ClN5O4/c19-13-2-4-14(5-3-13)26-10-17-21-22-23-24(17)9-18(25)20-8-12-1-6-15-16(7-12)28-11-27-15/h1-7H,8-11H2,(H,20,25). The van der Waals surface area contributed by atoms with Crippen molar-refractivity contribution in [3.63, 3.8) is 0 Å². The minimum atomic E-state index is -0.224. The highest BCUT2D eigenvalue weighted by Gasteiger charge is 2.14. The number of benzene rings is 2. The third-order valence-electron chi connectivity index (χ3n) is 4.01. The van der Waals surface area contributed by atoms with Crippen molar-refractivity contribution in [2.75, 3.05) is 6.79 Å². The number of rotatable bonds is 7. The fraction of sp³-hybridized carbons (Fsp3) is 0.222. The maximum atomic E-state index is 12.2. The molecule has 4 rings (SSSR count). The second-order valence-corrected chi connectivity index (χ2v) is 6.40. The van der Waals surface area contributed by atoms with Crippen LogP contribution in [0.4, 0.5) is 0 Å². The molecule has 3 aromatic rings. The predicted molar refractivity (Wildman–Crippen MR) is 98.0 cm³/mol. The normalized spacial score (nSPS) is 12.0. The number of nitrogens with zero attached hydrogens (tertiary/aromatic N) is 4. The van der Waals surface area contributed by atoms with Gasteiger partial charge in [-0.1, -0.05) is 17.7 Å². The number of fused-ring (bicyclic) bond motifs is 1. The second-order valence-electron chi connectivity index (χ2n) is 5.96. The molecule has 0 fully saturated rings. The summed E-state index contributed by atoms with van der Waals surface area (Å²) in [5, 5.41) is 14.8. The Bertz CT molecular complexity index is 976. The number of hydrogen-bond acceptors (Lipinski definition) is 7. The minimum absolute atomic E-state index is 0.0170. The molecular weight excluding hydrogens is 386 g/mol. The molecule has 0 aliphatic carbocycles. The minimum Gasteiger partial charge on any atom is -0.486 e. The Labute approximate surface area is 165 Å². The Morgan fingerprint density at radius 3 is 2.86 bits per heavy atom. The third kappa shape index (κ3) is 4.32.